The fourth-order valence-electron chi connectivity index (χ4n) is 3.23. The summed E-state index contributed by atoms with van der Waals surface area (Å²) in [6, 6.07) is 3.87. The van der Waals surface area contributed by atoms with Crippen LogP contribution in [0.4, 0.5) is 0 Å². The van der Waals surface area contributed by atoms with Gasteiger partial charge in [-0.05, 0) is 30.4 Å². The Morgan fingerprint density at radius 1 is 1.30 bits per heavy atom. The summed E-state index contributed by atoms with van der Waals surface area (Å²) < 4.78 is 0. The number of likely N-dealkylation sites (tertiary alicyclic amines) is 1. The monoisotopic (exact) mass is 323 g/mol. The Hall–Kier alpha value is -1.79. The third-order valence-electron chi connectivity index (χ3n) is 4.30. The summed E-state index contributed by atoms with van der Waals surface area (Å²) in [6.45, 7) is 3.82. The molecule has 4 N–H and O–H groups in total. The van der Waals surface area contributed by atoms with Crippen molar-refractivity contribution < 1.29 is 25.2 Å². The van der Waals surface area contributed by atoms with Crippen LogP contribution < -0.4 is 0 Å². The van der Waals surface area contributed by atoms with Gasteiger partial charge in [0.25, 0.3) is 0 Å². The molecule has 0 saturated carbocycles. The number of phenolic OH excluding ortho intramolecular Hbond substituents is 2. The molecule has 6 nitrogen and oxygen atoms in total. The zero-order valence-electron chi connectivity index (χ0n) is 13.5. The molecule has 1 heterocycles. The molecule has 128 valence electrons. The average Bonchev–Trinajstić information content (AvgIpc) is 2.74. The van der Waals surface area contributed by atoms with Crippen molar-refractivity contribution in [1.82, 2.24) is 4.90 Å². The summed E-state index contributed by atoms with van der Waals surface area (Å²) in [5.41, 5.74) is 0.555. The van der Waals surface area contributed by atoms with E-state index >= 15 is 0 Å². The summed E-state index contributed by atoms with van der Waals surface area (Å²) in [7, 11) is 0. The Balaban J connectivity index is 2.12. The maximum absolute atomic E-state index is 12.6. The molecule has 3 atom stereocenters. The molecule has 0 radical (unpaired) electrons. The number of hydrogen-bond donors (Lipinski definition) is 4. The topological polar surface area (TPSA) is 101 Å². The second-order valence-electron chi connectivity index (χ2n) is 6.64. The minimum atomic E-state index is -0.914. The van der Waals surface area contributed by atoms with Crippen LogP contribution in [-0.2, 0) is 11.2 Å². The minimum absolute atomic E-state index is 0.0389. The molecule has 23 heavy (non-hydrogen) atoms. The van der Waals surface area contributed by atoms with Crippen molar-refractivity contribution in [2.24, 2.45) is 11.8 Å². The van der Waals surface area contributed by atoms with Gasteiger partial charge < -0.3 is 25.3 Å². The number of amides is 1. The van der Waals surface area contributed by atoms with Gasteiger partial charge in [-0.1, -0.05) is 19.9 Å². The van der Waals surface area contributed by atoms with E-state index < -0.39 is 18.2 Å². The summed E-state index contributed by atoms with van der Waals surface area (Å²) in [4.78, 5) is 14.0. The number of aromatic hydroxyl groups is 2. The predicted octanol–water partition coefficient (Wildman–Crippen LogP) is 1.21. The van der Waals surface area contributed by atoms with Crippen LogP contribution in [0, 0.1) is 11.8 Å². The second-order valence-corrected chi connectivity index (χ2v) is 6.64. The molecule has 3 unspecified atom stereocenters. The van der Waals surface area contributed by atoms with Gasteiger partial charge in [0.1, 0.15) is 17.7 Å². The molecule has 0 spiro atoms. The van der Waals surface area contributed by atoms with Gasteiger partial charge in [-0.15, -0.1) is 0 Å². The lowest BCUT2D eigenvalue weighted by molar-refractivity contribution is -0.140. The normalized spacial score (nSPS) is 22.8. The molecule has 1 aliphatic heterocycles. The number of phenols is 2. The van der Waals surface area contributed by atoms with E-state index in [4.69, 9.17) is 0 Å². The number of aliphatic hydroxyl groups is 2. The Bertz CT molecular complexity index is 560. The first-order valence-electron chi connectivity index (χ1n) is 7.95. The highest BCUT2D eigenvalue weighted by Crippen LogP contribution is 2.33. The molecular formula is C17H25NO5. The number of carbonyl (C=O) groups is 1. The van der Waals surface area contributed by atoms with Crippen molar-refractivity contribution in [3.63, 3.8) is 0 Å². The third kappa shape index (κ3) is 3.95. The Morgan fingerprint density at radius 2 is 2.00 bits per heavy atom. The van der Waals surface area contributed by atoms with Gasteiger partial charge in [-0.25, -0.2) is 0 Å². The predicted molar refractivity (Wildman–Crippen MR) is 84.8 cm³/mol. The lowest BCUT2D eigenvalue weighted by atomic mass is 9.96. The van der Waals surface area contributed by atoms with E-state index in [0.29, 0.717) is 24.3 Å². The lowest BCUT2D eigenvalue weighted by Crippen LogP contribution is -2.45. The minimum Gasteiger partial charge on any atom is -0.508 e. The fraction of sp³-hybridized carbons (Fsp3) is 0.588. The van der Waals surface area contributed by atoms with E-state index in [2.05, 4.69) is 0 Å². The largest absolute Gasteiger partial charge is 0.508 e. The molecule has 1 amide bonds. The molecule has 6 heteroatoms. The van der Waals surface area contributed by atoms with Crippen molar-refractivity contribution in [2.75, 3.05) is 6.61 Å². The number of aliphatic hydroxyl groups excluding tert-OH is 2. The maximum Gasteiger partial charge on any atom is 0.228 e. The van der Waals surface area contributed by atoms with Crippen LogP contribution >= 0.6 is 0 Å². The molecule has 0 aliphatic carbocycles. The highest BCUT2D eigenvalue weighted by atomic mass is 16.3. The first-order valence-corrected chi connectivity index (χ1v) is 7.95. The van der Waals surface area contributed by atoms with Crippen LogP contribution in [0.15, 0.2) is 18.2 Å². The number of benzene rings is 1. The molecule has 1 aromatic rings. The highest BCUT2D eigenvalue weighted by Gasteiger charge is 2.42. The van der Waals surface area contributed by atoms with Crippen molar-refractivity contribution in [2.45, 2.75) is 45.4 Å². The summed E-state index contributed by atoms with van der Waals surface area (Å²) in [5, 5.41) is 39.0. The smallest absolute Gasteiger partial charge is 0.228 e. The Labute approximate surface area is 136 Å². The second kappa shape index (κ2) is 7.19. The van der Waals surface area contributed by atoms with Gasteiger partial charge >= 0.3 is 0 Å². The third-order valence-corrected chi connectivity index (χ3v) is 4.30. The molecule has 1 aromatic carbocycles. The van der Waals surface area contributed by atoms with Crippen LogP contribution in [0.3, 0.4) is 0 Å². The summed E-state index contributed by atoms with van der Waals surface area (Å²) in [6.07, 6.45) is 0.269. The molecule has 0 aromatic heterocycles. The lowest BCUT2D eigenvalue weighted by Gasteiger charge is -2.30. The van der Waals surface area contributed by atoms with E-state index in [1.165, 1.54) is 17.0 Å². The quantitative estimate of drug-likeness (QED) is 0.630. The highest BCUT2D eigenvalue weighted by molar-refractivity contribution is 5.82. The maximum atomic E-state index is 12.6. The van der Waals surface area contributed by atoms with E-state index in [-0.39, 0.29) is 30.4 Å². The van der Waals surface area contributed by atoms with E-state index in [1.807, 2.05) is 13.8 Å². The zero-order chi connectivity index (χ0) is 17.1. The van der Waals surface area contributed by atoms with Gasteiger partial charge in [0.05, 0.1) is 12.6 Å². The van der Waals surface area contributed by atoms with Crippen LogP contribution in [0.1, 0.15) is 32.3 Å². The molecule has 1 aliphatic rings. The molecule has 0 bridgehead atoms. The van der Waals surface area contributed by atoms with Crippen molar-refractivity contribution in [1.29, 1.82) is 0 Å². The Kier molecular flexibility index (Phi) is 5.49. The Morgan fingerprint density at radius 3 is 2.57 bits per heavy atom. The van der Waals surface area contributed by atoms with Gasteiger partial charge in [0.15, 0.2) is 0 Å². The summed E-state index contributed by atoms with van der Waals surface area (Å²) >= 11 is 0. The van der Waals surface area contributed by atoms with Crippen LogP contribution in [0.5, 0.6) is 11.5 Å². The zero-order valence-corrected chi connectivity index (χ0v) is 13.5. The molecule has 1 saturated heterocycles. The van der Waals surface area contributed by atoms with Crippen molar-refractivity contribution >= 4 is 5.91 Å². The van der Waals surface area contributed by atoms with Gasteiger partial charge in [-0.2, -0.15) is 0 Å². The standard InChI is InChI=1S/C17H25NO5/c1-10(2)5-13(9-19)18-16(22)7-12(17(18)23)6-11-3-4-14(20)8-15(11)21/h3-4,8,10,12-13,16,19-22H,5-7,9H2,1-2H3. The van der Waals surface area contributed by atoms with Crippen molar-refractivity contribution in [3.05, 3.63) is 23.8 Å². The van der Waals surface area contributed by atoms with Gasteiger partial charge in [-0.3, -0.25) is 4.79 Å². The van der Waals surface area contributed by atoms with Gasteiger partial charge in [0.2, 0.25) is 5.91 Å². The number of nitrogens with zero attached hydrogens (tertiary/aromatic N) is 1. The van der Waals surface area contributed by atoms with Crippen LogP contribution in [0.2, 0.25) is 0 Å². The first kappa shape index (κ1) is 17.6. The molecule has 1 fully saturated rings. The number of rotatable bonds is 6. The average molecular weight is 323 g/mol. The van der Waals surface area contributed by atoms with E-state index in [0.717, 1.165) is 0 Å². The van der Waals surface area contributed by atoms with Gasteiger partial charge in [0, 0.05) is 18.4 Å². The molecular weight excluding hydrogens is 298 g/mol. The van der Waals surface area contributed by atoms with E-state index in [1.54, 1.807) is 6.07 Å². The SMILES string of the molecule is CC(C)CC(CO)N1C(=O)C(Cc2ccc(O)cc2O)CC1O. The van der Waals surface area contributed by atoms with Crippen LogP contribution in [0.25, 0.3) is 0 Å². The fourth-order valence-corrected chi connectivity index (χ4v) is 3.23. The van der Waals surface area contributed by atoms with Crippen molar-refractivity contribution in [3.8, 4) is 11.5 Å². The molecule has 2 rings (SSSR count). The summed E-state index contributed by atoms with van der Waals surface area (Å²) in [5.74, 6) is -0.451. The van der Waals surface area contributed by atoms with Crippen LogP contribution in [-0.4, -0.2) is 50.1 Å². The number of hydrogen-bond acceptors (Lipinski definition) is 5. The van der Waals surface area contributed by atoms with E-state index in [9.17, 15) is 25.2 Å². The first-order chi connectivity index (χ1) is 10.8. The number of carbonyl (C=O) groups excluding carboxylic acids is 1.